The Hall–Kier alpha value is -2.50. The zero-order chi connectivity index (χ0) is 17.0. The Balaban J connectivity index is 2.20. The molecule has 0 aromatic heterocycles. The van der Waals surface area contributed by atoms with E-state index in [0.717, 1.165) is 25.7 Å². The third kappa shape index (κ3) is 4.03. The maximum absolute atomic E-state index is 12.4. The van der Waals surface area contributed by atoms with Crippen molar-refractivity contribution >= 4 is 17.5 Å². The molecule has 0 atom stereocenters. The number of hydrogen-bond donors (Lipinski definition) is 4. The van der Waals surface area contributed by atoms with E-state index in [0.29, 0.717) is 5.56 Å². The van der Waals surface area contributed by atoms with Crippen LogP contribution >= 0.6 is 0 Å². The van der Waals surface area contributed by atoms with Gasteiger partial charge in [-0.2, -0.15) is 0 Å². The number of aliphatic hydroxyl groups excluding tert-OH is 1. The lowest BCUT2D eigenvalue weighted by Gasteiger charge is -2.25. The molecule has 1 fully saturated rings. The van der Waals surface area contributed by atoms with Gasteiger partial charge in [0.25, 0.3) is 0 Å². The Labute approximate surface area is 135 Å². The molecule has 0 spiro atoms. The van der Waals surface area contributed by atoms with Gasteiger partial charge in [0.15, 0.2) is 0 Å². The Kier molecular flexibility index (Phi) is 5.26. The van der Waals surface area contributed by atoms with Crippen molar-refractivity contribution in [2.75, 3.05) is 7.05 Å². The first kappa shape index (κ1) is 16.9. The third-order valence-electron chi connectivity index (χ3n) is 4.18. The van der Waals surface area contributed by atoms with Gasteiger partial charge in [-0.05, 0) is 44.0 Å². The highest BCUT2D eigenvalue weighted by atomic mass is 16.3. The van der Waals surface area contributed by atoms with E-state index in [1.807, 2.05) is 0 Å². The second kappa shape index (κ2) is 7.17. The lowest BCUT2D eigenvalue weighted by Crippen LogP contribution is -2.43. The number of rotatable bonds is 4. The summed E-state index contributed by atoms with van der Waals surface area (Å²) in [4.78, 5) is 14.0. The van der Waals surface area contributed by atoms with E-state index in [4.69, 9.17) is 5.41 Å². The number of phenolic OH excluding ortho intramolecular Hbond substituents is 1. The number of aromatic hydroxyl groups is 1. The molecule has 1 aliphatic carbocycles. The predicted molar refractivity (Wildman–Crippen MR) is 89.6 cm³/mol. The third-order valence-corrected chi connectivity index (χ3v) is 4.18. The highest BCUT2D eigenvalue weighted by Gasteiger charge is 2.25. The molecule has 1 aliphatic rings. The SMILES string of the molecule is CC(=N)/C(NC(=O)N(C)C1CCCC1)=C(\O)c1ccc(O)cc1. The van der Waals surface area contributed by atoms with Gasteiger partial charge in [-0.3, -0.25) is 0 Å². The van der Waals surface area contributed by atoms with Crippen molar-refractivity contribution in [3.63, 3.8) is 0 Å². The monoisotopic (exact) mass is 317 g/mol. The summed E-state index contributed by atoms with van der Waals surface area (Å²) in [6, 6.07) is 5.81. The van der Waals surface area contributed by atoms with Crippen LogP contribution in [0.1, 0.15) is 38.2 Å². The maximum Gasteiger partial charge on any atom is 0.321 e. The van der Waals surface area contributed by atoms with Crippen molar-refractivity contribution in [3.8, 4) is 5.75 Å². The van der Waals surface area contributed by atoms with Gasteiger partial charge in [0, 0.05) is 18.7 Å². The van der Waals surface area contributed by atoms with Crippen LogP contribution in [0.2, 0.25) is 0 Å². The Bertz CT molecular complexity index is 616. The van der Waals surface area contributed by atoms with Crippen LogP contribution in [0, 0.1) is 5.41 Å². The summed E-state index contributed by atoms with van der Waals surface area (Å²) < 4.78 is 0. The van der Waals surface area contributed by atoms with Crippen molar-refractivity contribution in [2.24, 2.45) is 0 Å². The van der Waals surface area contributed by atoms with E-state index in [1.165, 1.54) is 31.2 Å². The first-order valence-electron chi connectivity index (χ1n) is 7.72. The summed E-state index contributed by atoms with van der Waals surface area (Å²) in [5.41, 5.74) is 0.558. The number of phenols is 1. The maximum atomic E-state index is 12.4. The minimum atomic E-state index is -0.330. The van der Waals surface area contributed by atoms with Crippen LogP contribution in [0.15, 0.2) is 30.0 Å². The molecule has 23 heavy (non-hydrogen) atoms. The summed E-state index contributed by atoms with van der Waals surface area (Å²) >= 11 is 0. The number of benzene rings is 1. The Morgan fingerprint density at radius 1 is 1.26 bits per heavy atom. The van der Waals surface area contributed by atoms with Gasteiger partial charge in [-0.15, -0.1) is 0 Å². The molecule has 0 unspecified atom stereocenters. The van der Waals surface area contributed by atoms with Crippen molar-refractivity contribution in [1.29, 1.82) is 5.41 Å². The fourth-order valence-corrected chi connectivity index (χ4v) is 2.75. The largest absolute Gasteiger partial charge is 0.508 e. The molecule has 0 saturated heterocycles. The lowest BCUT2D eigenvalue weighted by molar-refractivity contribution is 0.194. The number of hydrogen-bond acceptors (Lipinski definition) is 4. The summed E-state index contributed by atoms with van der Waals surface area (Å²) in [5.74, 6) is -0.106. The Morgan fingerprint density at radius 3 is 2.35 bits per heavy atom. The normalized spacial score (nSPS) is 15.9. The molecular weight excluding hydrogens is 294 g/mol. The molecular formula is C17H23N3O3. The van der Waals surface area contributed by atoms with E-state index < -0.39 is 0 Å². The number of nitrogens with zero attached hydrogens (tertiary/aromatic N) is 1. The second-order valence-electron chi connectivity index (χ2n) is 5.87. The van der Waals surface area contributed by atoms with Crippen LogP contribution in [-0.2, 0) is 0 Å². The van der Waals surface area contributed by atoms with Crippen molar-refractivity contribution in [2.45, 2.75) is 38.6 Å². The second-order valence-corrected chi connectivity index (χ2v) is 5.87. The topological polar surface area (TPSA) is 96.7 Å². The smallest absolute Gasteiger partial charge is 0.321 e. The molecule has 2 rings (SSSR count). The van der Waals surface area contributed by atoms with E-state index in [-0.39, 0.29) is 35.0 Å². The van der Waals surface area contributed by atoms with Crippen molar-refractivity contribution < 1.29 is 15.0 Å². The van der Waals surface area contributed by atoms with Crippen LogP contribution in [0.25, 0.3) is 5.76 Å². The first-order chi connectivity index (χ1) is 10.9. The number of carbonyl (C=O) groups is 1. The molecule has 124 valence electrons. The molecule has 0 radical (unpaired) electrons. The minimum Gasteiger partial charge on any atom is -0.508 e. The zero-order valence-electron chi connectivity index (χ0n) is 13.5. The average molecular weight is 317 g/mol. The summed E-state index contributed by atoms with van der Waals surface area (Å²) in [7, 11) is 1.74. The fraction of sp³-hybridized carbons (Fsp3) is 0.412. The average Bonchev–Trinajstić information content (AvgIpc) is 3.05. The molecule has 0 aliphatic heterocycles. The molecule has 0 heterocycles. The molecule has 1 saturated carbocycles. The zero-order valence-corrected chi connectivity index (χ0v) is 13.5. The van der Waals surface area contributed by atoms with E-state index in [1.54, 1.807) is 11.9 Å². The lowest BCUT2D eigenvalue weighted by atomic mass is 10.1. The summed E-state index contributed by atoms with van der Waals surface area (Å²) in [5, 5.41) is 30.1. The van der Waals surface area contributed by atoms with Crippen LogP contribution in [0.5, 0.6) is 5.75 Å². The highest BCUT2D eigenvalue weighted by molar-refractivity contribution is 6.04. The molecule has 2 amide bonds. The van der Waals surface area contributed by atoms with E-state index >= 15 is 0 Å². The number of nitrogens with one attached hydrogen (secondary N) is 2. The number of urea groups is 1. The number of carbonyl (C=O) groups excluding carboxylic acids is 1. The molecule has 0 bridgehead atoms. The first-order valence-corrected chi connectivity index (χ1v) is 7.72. The molecule has 1 aromatic rings. The van der Waals surface area contributed by atoms with Gasteiger partial charge < -0.3 is 25.8 Å². The van der Waals surface area contributed by atoms with Gasteiger partial charge in [-0.1, -0.05) is 12.8 Å². The standard InChI is InChI=1S/C17H23N3O3/c1-11(18)15(16(22)12-7-9-14(21)10-8-12)19-17(23)20(2)13-5-3-4-6-13/h7-10,13,18,21-22H,3-6H2,1-2H3,(H,19,23)/b16-15+,18-11?. The van der Waals surface area contributed by atoms with Crippen molar-refractivity contribution in [1.82, 2.24) is 10.2 Å². The van der Waals surface area contributed by atoms with Gasteiger partial charge in [-0.25, -0.2) is 4.79 Å². The van der Waals surface area contributed by atoms with Crippen LogP contribution in [0.3, 0.4) is 0 Å². The van der Waals surface area contributed by atoms with Gasteiger partial charge in [0.2, 0.25) is 0 Å². The highest BCUT2D eigenvalue weighted by Crippen LogP contribution is 2.23. The minimum absolute atomic E-state index is 0.0590. The summed E-state index contributed by atoms with van der Waals surface area (Å²) in [6.07, 6.45) is 4.20. The quantitative estimate of drug-likeness (QED) is 0.507. The van der Waals surface area contributed by atoms with Crippen molar-refractivity contribution in [3.05, 3.63) is 35.5 Å². The van der Waals surface area contributed by atoms with E-state index in [9.17, 15) is 15.0 Å². The van der Waals surface area contributed by atoms with Gasteiger partial charge >= 0.3 is 6.03 Å². The number of aliphatic hydroxyl groups is 1. The van der Waals surface area contributed by atoms with Crippen LogP contribution < -0.4 is 5.32 Å². The van der Waals surface area contributed by atoms with Gasteiger partial charge in [0.05, 0.1) is 5.71 Å². The van der Waals surface area contributed by atoms with Crippen LogP contribution in [-0.4, -0.2) is 39.9 Å². The fourth-order valence-electron chi connectivity index (χ4n) is 2.75. The molecule has 1 aromatic carbocycles. The molecule has 6 nitrogen and oxygen atoms in total. The Morgan fingerprint density at radius 2 is 1.83 bits per heavy atom. The van der Waals surface area contributed by atoms with E-state index in [2.05, 4.69) is 5.32 Å². The van der Waals surface area contributed by atoms with Gasteiger partial charge in [0.1, 0.15) is 17.2 Å². The number of allylic oxidation sites excluding steroid dienone is 1. The predicted octanol–water partition coefficient (Wildman–Crippen LogP) is 3.24. The number of amides is 2. The molecule has 6 heteroatoms. The summed E-state index contributed by atoms with van der Waals surface area (Å²) in [6.45, 7) is 1.50. The van der Waals surface area contributed by atoms with Crippen LogP contribution in [0.4, 0.5) is 4.79 Å². The molecule has 4 N–H and O–H groups in total.